The first-order valence-electron chi connectivity index (χ1n) is 14.3. The molecule has 0 aromatic heterocycles. The molecule has 9 nitrogen and oxygen atoms in total. The Morgan fingerprint density at radius 3 is 2.05 bits per heavy atom. The van der Waals surface area contributed by atoms with E-state index in [1.165, 1.54) is 82.4 Å². The molecule has 1 unspecified atom stereocenters. The molecule has 218 valence electrons. The maximum atomic E-state index is 12.9. The van der Waals surface area contributed by atoms with Gasteiger partial charge in [-0.2, -0.15) is 0 Å². The lowest BCUT2D eigenvalue weighted by molar-refractivity contribution is -0.277. The fourth-order valence-electron chi connectivity index (χ4n) is 4.65. The summed E-state index contributed by atoms with van der Waals surface area (Å²) in [6, 6.07) is 3.81. The lowest BCUT2D eigenvalue weighted by Crippen LogP contribution is -2.60. The molecule has 2 rings (SSSR count). The van der Waals surface area contributed by atoms with Crippen LogP contribution in [0.2, 0.25) is 0 Å². The van der Waals surface area contributed by atoms with E-state index in [4.69, 9.17) is 14.2 Å². The number of rotatable bonds is 18. The highest BCUT2D eigenvalue weighted by atomic mass is 16.7. The van der Waals surface area contributed by atoms with Gasteiger partial charge in [-0.05, 0) is 38.0 Å². The first-order chi connectivity index (χ1) is 18.3. The summed E-state index contributed by atoms with van der Waals surface area (Å²) >= 11 is 0. The Kier molecular flexibility index (Phi) is 15.0. The number of aromatic hydroxyl groups is 1. The quantitative estimate of drug-likeness (QED) is 0.136. The van der Waals surface area contributed by atoms with Crippen LogP contribution in [0.1, 0.15) is 108 Å². The molecule has 1 heterocycles. The van der Waals surface area contributed by atoms with Crippen LogP contribution < -0.4 is 4.74 Å². The molecular formula is C29H48O9. The predicted molar refractivity (Wildman–Crippen MR) is 143 cm³/mol. The first-order valence-corrected chi connectivity index (χ1v) is 14.3. The maximum absolute atomic E-state index is 12.9. The smallest absolute Gasteiger partial charge is 0.342 e. The van der Waals surface area contributed by atoms with Gasteiger partial charge < -0.3 is 39.7 Å². The van der Waals surface area contributed by atoms with Gasteiger partial charge in [-0.15, -0.1) is 0 Å². The van der Waals surface area contributed by atoms with E-state index in [2.05, 4.69) is 6.92 Å². The van der Waals surface area contributed by atoms with E-state index in [0.717, 1.165) is 12.8 Å². The summed E-state index contributed by atoms with van der Waals surface area (Å²) in [6.45, 7) is 3.45. The summed E-state index contributed by atoms with van der Waals surface area (Å²) in [5.74, 6) is -0.909. The second-order valence-electron chi connectivity index (χ2n) is 10.4. The molecule has 0 spiro atoms. The lowest BCUT2D eigenvalue weighted by Gasteiger charge is -2.39. The van der Waals surface area contributed by atoms with Crippen LogP contribution >= 0.6 is 0 Å². The molecule has 1 saturated heterocycles. The number of aliphatic hydroxyl groups excluding tert-OH is 4. The number of ether oxygens (including phenoxy) is 3. The number of phenolic OH excluding ortho intramolecular Hbond substituents is 1. The number of phenols is 1. The number of carbonyl (C=O) groups is 1. The molecule has 0 bridgehead atoms. The normalized spacial score (nSPS) is 24.2. The van der Waals surface area contributed by atoms with Gasteiger partial charge in [-0.1, -0.05) is 77.6 Å². The molecule has 0 aliphatic carbocycles. The van der Waals surface area contributed by atoms with Gasteiger partial charge in [-0.25, -0.2) is 4.79 Å². The zero-order valence-electron chi connectivity index (χ0n) is 23.0. The van der Waals surface area contributed by atoms with Crippen molar-refractivity contribution in [3.63, 3.8) is 0 Å². The zero-order chi connectivity index (χ0) is 27.9. The first kappa shape index (κ1) is 32.3. The van der Waals surface area contributed by atoms with Crippen LogP contribution in [0.3, 0.4) is 0 Å². The van der Waals surface area contributed by atoms with Crippen LogP contribution in [-0.4, -0.2) is 74.9 Å². The average Bonchev–Trinajstić information content (AvgIpc) is 2.90. The molecule has 1 aromatic carbocycles. The third kappa shape index (κ3) is 10.7. The van der Waals surface area contributed by atoms with Gasteiger partial charge >= 0.3 is 5.97 Å². The van der Waals surface area contributed by atoms with Crippen molar-refractivity contribution in [2.45, 2.75) is 134 Å². The van der Waals surface area contributed by atoms with Gasteiger partial charge in [0.15, 0.2) is 0 Å². The summed E-state index contributed by atoms with van der Waals surface area (Å²) in [5, 5.41) is 49.5. The van der Waals surface area contributed by atoms with Crippen LogP contribution in [-0.2, 0) is 9.47 Å². The molecule has 1 fully saturated rings. The summed E-state index contributed by atoms with van der Waals surface area (Å²) < 4.78 is 16.5. The molecule has 1 aliphatic heterocycles. The van der Waals surface area contributed by atoms with Crippen molar-refractivity contribution in [1.82, 2.24) is 0 Å². The van der Waals surface area contributed by atoms with Crippen molar-refractivity contribution in [3.8, 4) is 11.5 Å². The molecule has 38 heavy (non-hydrogen) atoms. The minimum atomic E-state index is -1.63. The molecule has 0 saturated carbocycles. The van der Waals surface area contributed by atoms with Crippen LogP contribution in [0.15, 0.2) is 18.2 Å². The number of carbonyl (C=O) groups excluding carboxylic acids is 1. The number of aliphatic hydroxyl groups is 4. The minimum absolute atomic E-state index is 0.0327. The molecular weight excluding hydrogens is 492 g/mol. The third-order valence-electron chi connectivity index (χ3n) is 7.05. The minimum Gasteiger partial charge on any atom is -0.508 e. The number of hydrogen-bond acceptors (Lipinski definition) is 9. The Balaban J connectivity index is 1.75. The second kappa shape index (κ2) is 17.6. The van der Waals surface area contributed by atoms with Crippen molar-refractivity contribution in [2.75, 3.05) is 6.61 Å². The topological polar surface area (TPSA) is 146 Å². The highest BCUT2D eigenvalue weighted by Gasteiger charge is 2.45. The zero-order valence-corrected chi connectivity index (χ0v) is 23.0. The lowest BCUT2D eigenvalue weighted by atomic mass is 9.99. The van der Waals surface area contributed by atoms with Crippen molar-refractivity contribution >= 4 is 5.97 Å². The second-order valence-corrected chi connectivity index (χ2v) is 10.4. The number of esters is 1. The Morgan fingerprint density at radius 1 is 0.895 bits per heavy atom. The van der Waals surface area contributed by atoms with Crippen LogP contribution in [0.4, 0.5) is 0 Å². The van der Waals surface area contributed by atoms with Gasteiger partial charge in [-0.3, -0.25) is 0 Å². The molecule has 1 aromatic rings. The van der Waals surface area contributed by atoms with Gasteiger partial charge in [0.2, 0.25) is 6.29 Å². The van der Waals surface area contributed by atoms with E-state index >= 15 is 0 Å². The molecule has 6 atom stereocenters. The van der Waals surface area contributed by atoms with Gasteiger partial charge in [0.25, 0.3) is 0 Å². The van der Waals surface area contributed by atoms with Crippen molar-refractivity contribution in [1.29, 1.82) is 0 Å². The summed E-state index contributed by atoms with van der Waals surface area (Å²) in [7, 11) is 0. The van der Waals surface area contributed by atoms with E-state index < -0.39 is 43.3 Å². The van der Waals surface area contributed by atoms with Gasteiger partial charge in [0.05, 0.1) is 12.7 Å². The average molecular weight is 541 g/mol. The number of hydrogen-bond donors (Lipinski definition) is 5. The van der Waals surface area contributed by atoms with Gasteiger partial charge in [0, 0.05) is 0 Å². The number of unbranched alkanes of at least 4 members (excludes halogenated alkanes) is 11. The SMILES string of the molecule is CCCCCCCCCCCCCCC(C)OC(=O)c1cc(O)ccc1O[C@@H]1O[C@H](CO)[C@@H](O)[C@H](O)[C@H]1O. The van der Waals surface area contributed by atoms with Gasteiger partial charge in [0.1, 0.15) is 41.5 Å². The van der Waals surface area contributed by atoms with Crippen molar-refractivity contribution < 1.29 is 44.5 Å². The molecule has 9 heteroatoms. The van der Waals surface area contributed by atoms with Crippen LogP contribution in [0.5, 0.6) is 11.5 Å². The highest BCUT2D eigenvalue weighted by molar-refractivity contribution is 5.93. The maximum Gasteiger partial charge on any atom is 0.342 e. The monoisotopic (exact) mass is 540 g/mol. The Labute approximate surface area is 226 Å². The Bertz CT molecular complexity index is 800. The predicted octanol–water partition coefficient (Wildman–Crippen LogP) is 4.21. The van der Waals surface area contributed by atoms with E-state index in [-0.39, 0.29) is 23.2 Å². The summed E-state index contributed by atoms with van der Waals surface area (Å²) in [4.78, 5) is 12.9. The third-order valence-corrected chi connectivity index (χ3v) is 7.05. The van der Waals surface area contributed by atoms with E-state index in [1.54, 1.807) is 0 Å². The molecule has 5 N–H and O–H groups in total. The van der Waals surface area contributed by atoms with Crippen LogP contribution in [0.25, 0.3) is 0 Å². The largest absolute Gasteiger partial charge is 0.508 e. The Hall–Kier alpha value is -1.91. The van der Waals surface area contributed by atoms with Crippen molar-refractivity contribution in [2.24, 2.45) is 0 Å². The van der Waals surface area contributed by atoms with E-state index in [9.17, 15) is 30.3 Å². The van der Waals surface area contributed by atoms with Crippen LogP contribution in [0, 0.1) is 0 Å². The fraction of sp³-hybridized carbons (Fsp3) is 0.759. The fourth-order valence-corrected chi connectivity index (χ4v) is 4.65. The van der Waals surface area contributed by atoms with E-state index in [0.29, 0.717) is 6.42 Å². The molecule has 1 aliphatic rings. The highest BCUT2D eigenvalue weighted by Crippen LogP contribution is 2.30. The molecule has 0 radical (unpaired) electrons. The van der Waals surface area contributed by atoms with E-state index in [1.807, 2.05) is 6.92 Å². The number of benzene rings is 1. The summed E-state index contributed by atoms with van der Waals surface area (Å²) in [6.07, 6.45) is 8.00. The molecule has 0 amide bonds. The standard InChI is InChI=1S/C29H48O9/c1-3-4-5-6-7-8-9-10-11-12-13-14-15-20(2)36-28(35)22-18-21(31)16-17-23(22)37-29-27(34)26(33)25(32)24(19-30)38-29/h16-18,20,24-27,29-34H,3-15,19H2,1-2H3/t20?,24-,25-,26+,27-,29-/m1/s1. The Morgan fingerprint density at radius 2 is 1.47 bits per heavy atom. The van der Waals surface area contributed by atoms with Crippen molar-refractivity contribution in [3.05, 3.63) is 23.8 Å². The summed E-state index contributed by atoms with van der Waals surface area (Å²) in [5.41, 5.74) is -0.0662.